The highest BCUT2D eigenvalue weighted by molar-refractivity contribution is 9.11. The summed E-state index contributed by atoms with van der Waals surface area (Å²) in [6, 6.07) is 6.78. The molecule has 0 atom stereocenters. The standard InChI is InChI=1S/C16H12Br2N4O3/c1-19-16(25)15-21-10-3-2-8(5-11(10)22-15)20-6-7-4-9(17)14(24)12(18)13(7)23/h2-6,23-24H,1H3,(H,19,25)(H,21,22). The molecule has 3 aromatic rings. The maximum atomic E-state index is 11.6. The zero-order valence-corrected chi connectivity index (χ0v) is 16.0. The number of carbonyl (C=O) groups excluding carboxylic acids is 1. The van der Waals surface area contributed by atoms with Gasteiger partial charge in [-0.15, -0.1) is 0 Å². The number of fused-ring (bicyclic) bond motifs is 1. The molecule has 0 radical (unpaired) electrons. The Bertz CT molecular complexity index is 1010. The number of aromatic nitrogens is 2. The van der Waals surface area contributed by atoms with Gasteiger partial charge in [0.05, 0.1) is 21.2 Å². The van der Waals surface area contributed by atoms with Gasteiger partial charge in [-0.2, -0.15) is 0 Å². The van der Waals surface area contributed by atoms with E-state index >= 15 is 0 Å². The van der Waals surface area contributed by atoms with Crippen molar-refractivity contribution in [1.82, 2.24) is 15.3 Å². The van der Waals surface area contributed by atoms with Gasteiger partial charge in [0.25, 0.3) is 5.91 Å². The lowest BCUT2D eigenvalue weighted by atomic mass is 10.2. The monoisotopic (exact) mass is 466 g/mol. The van der Waals surface area contributed by atoms with Gasteiger partial charge < -0.3 is 20.5 Å². The van der Waals surface area contributed by atoms with Crippen LogP contribution in [0.2, 0.25) is 0 Å². The number of aromatic amines is 1. The summed E-state index contributed by atoms with van der Waals surface area (Å²) in [5, 5.41) is 22.3. The van der Waals surface area contributed by atoms with Crippen molar-refractivity contribution in [3.8, 4) is 11.5 Å². The van der Waals surface area contributed by atoms with E-state index in [0.29, 0.717) is 26.8 Å². The lowest BCUT2D eigenvalue weighted by molar-refractivity contribution is 0.0954. The van der Waals surface area contributed by atoms with Gasteiger partial charge in [0.2, 0.25) is 0 Å². The van der Waals surface area contributed by atoms with E-state index in [-0.39, 0.29) is 27.7 Å². The molecule has 0 spiro atoms. The van der Waals surface area contributed by atoms with Gasteiger partial charge in [0.15, 0.2) is 5.82 Å². The van der Waals surface area contributed by atoms with Gasteiger partial charge in [-0.3, -0.25) is 9.79 Å². The molecule has 0 aliphatic rings. The van der Waals surface area contributed by atoms with Crippen LogP contribution in [-0.2, 0) is 0 Å². The minimum absolute atomic E-state index is 0.0877. The van der Waals surface area contributed by atoms with Gasteiger partial charge >= 0.3 is 0 Å². The van der Waals surface area contributed by atoms with Crippen molar-refractivity contribution in [2.75, 3.05) is 7.05 Å². The van der Waals surface area contributed by atoms with E-state index in [1.54, 1.807) is 24.3 Å². The van der Waals surface area contributed by atoms with Crippen molar-refractivity contribution in [3.63, 3.8) is 0 Å². The third kappa shape index (κ3) is 3.38. The number of aliphatic imine (C=N–C) groups is 1. The second kappa shape index (κ2) is 6.85. The van der Waals surface area contributed by atoms with Crippen molar-refractivity contribution in [3.05, 3.63) is 44.6 Å². The minimum atomic E-state index is -0.301. The van der Waals surface area contributed by atoms with Gasteiger partial charge in [-0.25, -0.2) is 4.98 Å². The van der Waals surface area contributed by atoms with Crippen LogP contribution in [0.25, 0.3) is 11.0 Å². The molecule has 0 bridgehead atoms. The number of hydrogen-bond donors (Lipinski definition) is 4. The number of nitrogens with zero attached hydrogens (tertiary/aromatic N) is 2. The fourth-order valence-corrected chi connectivity index (χ4v) is 3.32. The largest absolute Gasteiger partial charge is 0.506 e. The quantitative estimate of drug-likeness (QED) is 0.441. The molecule has 0 aliphatic heterocycles. The van der Waals surface area contributed by atoms with E-state index in [2.05, 4.69) is 52.1 Å². The fraction of sp³-hybridized carbons (Fsp3) is 0.0625. The number of phenols is 2. The highest BCUT2D eigenvalue weighted by Gasteiger charge is 2.13. The van der Waals surface area contributed by atoms with E-state index in [1.165, 1.54) is 13.3 Å². The number of H-pyrrole nitrogens is 1. The van der Waals surface area contributed by atoms with Crippen LogP contribution in [0.1, 0.15) is 16.2 Å². The lowest BCUT2D eigenvalue weighted by Gasteiger charge is -2.06. The Labute approximate surface area is 159 Å². The first-order valence-corrected chi connectivity index (χ1v) is 8.65. The number of aromatic hydroxyl groups is 2. The molecule has 25 heavy (non-hydrogen) atoms. The summed E-state index contributed by atoms with van der Waals surface area (Å²) in [5.74, 6) is -0.281. The molecule has 0 aliphatic carbocycles. The number of halogens is 2. The van der Waals surface area contributed by atoms with Crippen LogP contribution in [0.4, 0.5) is 5.69 Å². The first-order chi connectivity index (χ1) is 11.9. The smallest absolute Gasteiger partial charge is 0.286 e. The average Bonchev–Trinajstić information content (AvgIpc) is 3.04. The third-order valence-corrected chi connectivity index (χ3v) is 4.81. The number of hydrogen-bond acceptors (Lipinski definition) is 5. The summed E-state index contributed by atoms with van der Waals surface area (Å²) in [5.41, 5.74) is 2.35. The van der Waals surface area contributed by atoms with E-state index in [9.17, 15) is 15.0 Å². The molecule has 1 amide bonds. The van der Waals surface area contributed by atoms with Crippen molar-refractivity contribution < 1.29 is 15.0 Å². The van der Waals surface area contributed by atoms with Crippen LogP contribution in [0, 0.1) is 0 Å². The summed E-state index contributed by atoms with van der Waals surface area (Å²) < 4.78 is 0.612. The molecule has 0 saturated carbocycles. The summed E-state index contributed by atoms with van der Waals surface area (Å²) in [6.45, 7) is 0. The number of imidazole rings is 1. The Hall–Kier alpha value is -2.39. The highest BCUT2D eigenvalue weighted by Crippen LogP contribution is 2.40. The summed E-state index contributed by atoms with van der Waals surface area (Å²) in [4.78, 5) is 23.1. The molecule has 1 heterocycles. The number of benzene rings is 2. The molecule has 4 N–H and O–H groups in total. The molecule has 3 rings (SSSR count). The number of nitrogens with one attached hydrogen (secondary N) is 2. The zero-order valence-electron chi connectivity index (χ0n) is 12.8. The fourth-order valence-electron chi connectivity index (χ4n) is 2.16. The Morgan fingerprint density at radius 3 is 2.76 bits per heavy atom. The third-order valence-electron chi connectivity index (χ3n) is 3.46. The average molecular weight is 468 g/mol. The van der Waals surface area contributed by atoms with Gasteiger partial charge in [0, 0.05) is 18.8 Å². The van der Waals surface area contributed by atoms with Crippen LogP contribution in [-0.4, -0.2) is 39.4 Å². The van der Waals surface area contributed by atoms with Crippen molar-refractivity contribution >= 4 is 60.7 Å². The number of phenolic OH excluding ortho intramolecular Hbond substituents is 2. The van der Waals surface area contributed by atoms with Crippen LogP contribution in [0.5, 0.6) is 11.5 Å². The normalized spacial score (nSPS) is 11.3. The summed E-state index contributed by atoms with van der Waals surface area (Å²) >= 11 is 6.33. The van der Waals surface area contributed by atoms with Crippen LogP contribution in [0.15, 0.2) is 38.2 Å². The van der Waals surface area contributed by atoms with Crippen LogP contribution < -0.4 is 5.32 Å². The molecule has 2 aromatic carbocycles. The maximum absolute atomic E-state index is 11.6. The number of amides is 1. The van der Waals surface area contributed by atoms with E-state index < -0.39 is 0 Å². The second-order valence-electron chi connectivity index (χ2n) is 5.08. The topological polar surface area (TPSA) is 111 Å². The maximum Gasteiger partial charge on any atom is 0.286 e. The summed E-state index contributed by atoms with van der Waals surface area (Å²) in [6.07, 6.45) is 1.47. The molecule has 1 aromatic heterocycles. The first-order valence-electron chi connectivity index (χ1n) is 7.06. The predicted octanol–water partition coefficient (Wildman–Crippen LogP) is 3.61. The molecule has 0 unspecified atom stereocenters. The van der Waals surface area contributed by atoms with Crippen molar-refractivity contribution in [2.24, 2.45) is 4.99 Å². The second-order valence-corrected chi connectivity index (χ2v) is 6.73. The molecular formula is C16H12Br2N4O3. The molecule has 0 saturated heterocycles. The molecular weight excluding hydrogens is 456 g/mol. The Morgan fingerprint density at radius 1 is 1.28 bits per heavy atom. The zero-order chi connectivity index (χ0) is 18.1. The highest BCUT2D eigenvalue weighted by atomic mass is 79.9. The Kier molecular flexibility index (Phi) is 4.78. The van der Waals surface area contributed by atoms with E-state index in [1.807, 2.05) is 0 Å². The van der Waals surface area contributed by atoms with Gasteiger partial charge in [0.1, 0.15) is 16.0 Å². The van der Waals surface area contributed by atoms with Gasteiger partial charge in [-0.05, 0) is 56.1 Å². The van der Waals surface area contributed by atoms with Gasteiger partial charge in [-0.1, -0.05) is 0 Å². The van der Waals surface area contributed by atoms with Crippen molar-refractivity contribution in [2.45, 2.75) is 0 Å². The Balaban J connectivity index is 1.95. The SMILES string of the molecule is CNC(=O)c1nc2ccc(N=Cc3cc(Br)c(O)c(Br)c3O)cc2[nH]1. The van der Waals surface area contributed by atoms with Crippen LogP contribution in [0.3, 0.4) is 0 Å². The Morgan fingerprint density at radius 2 is 2.04 bits per heavy atom. The predicted molar refractivity (Wildman–Crippen MR) is 102 cm³/mol. The molecule has 128 valence electrons. The summed E-state index contributed by atoms with van der Waals surface area (Å²) in [7, 11) is 1.53. The molecule has 0 fully saturated rings. The number of carbonyl (C=O) groups is 1. The first kappa shape index (κ1) is 17.4. The number of rotatable bonds is 3. The van der Waals surface area contributed by atoms with Crippen molar-refractivity contribution in [1.29, 1.82) is 0 Å². The van der Waals surface area contributed by atoms with E-state index in [4.69, 9.17) is 0 Å². The van der Waals surface area contributed by atoms with E-state index in [0.717, 1.165) is 0 Å². The van der Waals surface area contributed by atoms with Crippen LogP contribution >= 0.6 is 31.9 Å². The molecule has 7 nitrogen and oxygen atoms in total. The molecule has 9 heteroatoms. The minimum Gasteiger partial charge on any atom is -0.506 e. The lowest BCUT2D eigenvalue weighted by Crippen LogP contribution is -2.19.